The number of rotatable bonds is 4. The maximum atomic E-state index is 12.8. The third kappa shape index (κ3) is 3.53. The predicted octanol–water partition coefficient (Wildman–Crippen LogP) is 4.04. The number of allylic oxidation sites excluding steroid dienone is 1. The fraction of sp³-hybridized carbons (Fsp3) is 0.808. The van der Waals surface area contributed by atoms with Gasteiger partial charge in [0.2, 0.25) is 0 Å². The Morgan fingerprint density at radius 2 is 2.03 bits per heavy atom. The summed E-state index contributed by atoms with van der Waals surface area (Å²) in [6, 6.07) is 0. The summed E-state index contributed by atoms with van der Waals surface area (Å²) in [6.45, 7) is 10.6. The lowest BCUT2D eigenvalue weighted by Crippen LogP contribution is -2.57. The van der Waals surface area contributed by atoms with E-state index in [-0.39, 0.29) is 28.8 Å². The third-order valence-electron chi connectivity index (χ3n) is 9.78. The van der Waals surface area contributed by atoms with Gasteiger partial charge in [0.15, 0.2) is 0 Å². The van der Waals surface area contributed by atoms with Gasteiger partial charge in [-0.15, -0.1) is 0 Å². The van der Waals surface area contributed by atoms with Crippen LogP contribution in [-0.4, -0.2) is 43.3 Å². The van der Waals surface area contributed by atoms with Crippen molar-refractivity contribution in [3.63, 3.8) is 0 Å². The van der Waals surface area contributed by atoms with Gasteiger partial charge in [0.1, 0.15) is 11.9 Å². The smallest absolute Gasteiger partial charge is 0.302 e. The summed E-state index contributed by atoms with van der Waals surface area (Å²) in [6.07, 6.45) is 8.60. The van der Waals surface area contributed by atoms with Gasteiger partial charge in [0.05, 0.1) is 12.3 Å². The SMILES string of the molecule is C=C1CC2C(CC[C@]3(C)C(=O)CCC23)[C@@]2(COC(C)=O)CCC(=NOC3CCNC3)CC12. The summed E-state index contributed by atoms with van der Waals surface area (Å²) < 4.78 is 5.75. The molecule has 0 aromatic heterocycles. The number of hydrogen-bond acceptors (Lipinski definition) is 6. The molecule has 5 aliphatic rings. The average Bonchev–Trinajstić information content (AvgIpc) is 3.39. The van der Waals surface area contributed by atoms with Crippen LogP contribution < -0.4 is 5.32 Å². The van der Waals surface area contributed by atoms with Crippen LogP contribution in [0.1, 0.15) is 71.6 Å². The molecule has 5 fully saturated rings. The van der Waals surface area contributed by atoms with Crippen molar-refractivity contribution in [1.29, 1.82) is 0 Å². The molecule has 4 saturated carbocycles. The van der Waals surface area contributed by atoms with E-state index in [0.717, 1.165) is 76.6 Å². The van der Waals surface area contributed by atoms with Crippen molar-refractivity contribution in [3.8, 4) is 0 Å². The molecule has 5 unspecified atom stereocenters. The summed E-state index contributed by atoms with van der Waals surface area (Å²) in [5.74, 6) is 1.90. The molecule has 1 aliphatic heterocycles. The molecule has 7 atom stereocenters. The lowest BCUT2D eigenvalue weighted by atomic mass is 9.44. The largest absolute Gasteiger partial charge is 0.465 e. The van der Waals surface area contributed by atoms with Gasteiger partial charge in [-0.2, -0.15) is 0 Å². The summed E-state index contributed by atoms with van der Waals surface area (Å²) in [7, 11) is 0. The van der Waals surface area contributed by atoms with Crippen LogP contribution >= 0.6 is 0 Å². The molecule has 6 nitrogen and oxygen atoms in total. The molecule has 0 aromatic rings. The molecule has 0 radical (unpaired) electrons. The molecule has 5 rings (SSSR count). The topological polar surface area (TPSA) is 77.0 Å². The summed E-state index contributed by atoms with van der Waals surface area (Å²) in [5.41, 5.74) is 2.13. The van der Waals surface area contributed by atoms with E-state index in [9.17, 15) is 9.59 Å². The Bertz CT molecular complexity index is 832. The van der Waals surface area contributed by atoms with Crippen LogP contribution in [0.4, 0.5) is 0 Å². The van der Waals surface area contributed by atoms with E-state index in [1.165, 1.54) is 12.5 Å². The van der Waals surface area contributed by atoms with Crippen molar-refractivity contribution in [2.24, 2.45) is 39.7 Å². The Kier molecular flexibility index (Phi) is 5.71. The number of oxime groups is 1. The van der Waals surface area contributed by atoms with E-state index in [4.69, 9.17) is 9.57 Å². The van der Waals surface area contributed by atoms with E-state index in [1.54, 1.807) is 0 Å². The lowest BCUT2D eigenvalue weighted by molar-refractivity contribution is -0.157. The molecule has 0 amide bonds. The van der Waals surface area contributed by atoms with Crippen molar-refractivity contribution >= 4 is 17.5 Å². The Morgan fingerprint density at radius 1 is 1.19 bits per heavy atom. The van der Waals surface area contributed by atoms with Gasteiger partial charge in [-0.25, -0.2) is 0 Å². The van der Waals surface area contributed by atoms with E-state index in [0.29, 0.717) is 30.1 Å². The van der Waals surface area contributed by atoms with E-state index in [1.807, 2.05) is 0 Å². The van der Waals surface area contributed by atoms with Gasteiger partial charge in [0.25, 0.3) is 0 Å². The minimum atomic E-state index is -0.209. The molecule has 1 saturated heterocycles. The molecular weight excluding hydrogens is 404 g/mol. The highest BCUT2D eigenvalue weighted by atomic mass is 16.6. The average molecular weight is 443 g/mol. The summed E-state index contributed by atoms with van der Waals surface area (Å²) in [5, 5.41) is 7.90. The molecule has 0 bridgehead atoms. The highest BCUT2D eigenvalue weighted by Crippen LogP contribution is 2.66. The van der Waals surface area contributed by atoms with Gasteiger partial charge in [-0.05, 0) is 75.2 Å². The molecule has 1 heterocycles. The van der Waals surface area contributed by atoms with Gasteiger partial charge in [0, 0.05) is 37.1 Å². The predicted molar refractivity (Wildman–Crippen MR) is 122 cm³/mol. The fourth-order valence-electron chi connectivity index (χ4n) is 8.05. The summed E-state index contributed by atoms with van der Waals surface area (Å²) >= 11 is 0. The van der Waals surface area contributed by atoms with Crippen molar-refractivity contribution in [3.05, 3.63) is 12.2 Å². The number of esters is 1. The number of nitrogens with one attached hydrogen (secondary N) is 1. The first-order valence-electron chi connectivity index (χ1n) is 12.6. The number of fused-ring (bicyclic) bond motifs is 5. The van der Waals surface area contributed by atoms with Crippen LogP contribution in [-0.2, 0) is 19.2 Å². The second kappa shape index (κ2) is 8.27. The zero-order valence-corrected chi connectivity index (χ0v) is 19.7. The minimum absolute atomic E-state index is 0.0907. The van der Waals surface area contributed by atoms with Crippen molar-refractivity contribution in [2.75, 3.05) is 19.7 Å². The second-order valence-corrected chi connectivity index (χ2v) is 11.3. The number of hydrogen-bond donors (Lipinski definition) is 1. The summed E-state index contributed by atoms with van der Waals surface area (Å²) in [4.78, 5) is 30.5. The number of carbonyl (C=O) groups is 2. The van der Waals surface area contributed by atoms with E-state index < -0.39 is 0 Å². The molecule has 1 N–H and O–H groups in total. The minimum Gasteiger partial charge on any atom is -0.465 e. The molecule has 6 heteroatoms. The number of Topliss-reactive ketones (excluding diaryl/α,β-unsaturated/α-hetero) is 1. The molecule has 0 aromatic carbocycles. The Balaban J connectivity index is 1.42. The molecule has 176 valence electrons. The van der Waals surface area contributed by atoms with Crippen molar-refractivity contribution in [2.45, 2.75) is 77.7 Å². The molecule has 0 spiro atoms. The number of ether oxygens (including phenoxy) is 1. The number of carbonyl (C=O) groups excluding carboxylic acids is 2. The van der Waals surface area contributed by atoms with Crippen molar-refractivity contribution < 1.29 is 19.2 Å². The first-order valence-corrected chi connectivity index (χ1v) is 12.6. The molecule has 32 heavy (non-hydrogen) atoms. The second-order valence-electron chi connectivity index (χ2n) is 11.3. The maximum Gasteiger partial charge on any atom is 0.302 e. The van der Waals surface area contributed by atoms with Crippen LogP contribution in [0.15, 0.2) is 17.3 Å². The number of nitrogens with zero attached hydrogens (tertiary/aromatic N) is 1. The highest BCUT2D eigenvalue weighted by molar-refractivity contribution is 5.87. The zero-order chi connectivity index (χ0) is 22.5. The van der Waals surface area contributed by atoms with Crippen LogP contribution in [0.2, 0.25) is 0 Å². The first kappa shape index (κ1) is 22.1. The van der Waals surface area contributed by atoms with Crippen molar-refractivity contribution in [1.82, 2.24) is 5.32 Å². The monoisotopic (exact) mass is 442 g/mol. The van der Waals surface area contributed by atoms with Gasteiger partial charge in [-0.3, -0.25) is 9.59 Å². The maximum absolute atomic E-state index is 12.8. The van der Waals surface area contributed by atoms with Gasteiger partial charge in [-0.1, -0.05) is 24.2 Å². The Morgan fingerprint density at radius 3 is 2.78 bits per heavy atom. The zero-order valence-electron chi connectivity index (χ0n) is 19.7. The van der Waals surface area contributed by atoms with E-state index >= 15 is 0 Å². The fourth-order valence-corrected chi connectivity index (χ4v) is 8.05. The van der Waals surface area contributed by atoms with Crippen LogP contribution in [0.5, 0.6) is 0 Å². The third-order valence-corrected chi connectivity index (χ3v) is 9.78. The van der Waals surface area contributed by atoms with Crippen LogP contribution in [0.25, 0.3) is 0 Å². The van der Waals surface area contributed by atoms with Gasteiger partial charge >= 0.3 is 5.97 Å². The normalized spacial score (nSPS) is 44.7. The van der Waals surface area contributed by atoms with Gasteiger partial charge < -0.3 is 14.9 Å². The Hall–Kier alpha value is -1.69. The van der Waals surface area contributed by atoms with Crippen LogP contribution in [0, 0.1) is 34.5 Å². The quantitative estimate of drug-likeness (QED) is 0.404. The lowest BCUT2D eigenvalue weighted by Gasteiger charge is -2.60. The molecular formula is C26H38N2O4. The Labute approximate surface area is 191 Å². The molecule has 4 aliphatic carbocycles. The van der Waals surface area contributed by atoms with E-state index in [2.05, 4.69) is 24.0 Å². The van der Waals surface area contributed by atoms with Crippen LogP contribution in [0.3, 0.4) is 0 Å². The highest BCUT2D eigenvalue weighted by Gasteiger charge is 2.62. The standard InChI is InChI=1S/C26H38N2O4/c1-16-12-20-21-4-5-24(30)25(21,3)9-7-22(20)26(15-31-17(2)29)10-6-18(13-23(16)26)28-32-19-8-11-27-14-19/h19-23,27H,1,4-15H2,2-3H3/t19?,20?,21?,22?,23?,25-,26-/m0/s1. The first-order chi connectivity index (χ1) is 15.3. The number of ketones is 1.